The first-order valence-electron chi connectivity index (χ1n) is 6.41. The molecule has 0 saturated carbocycles. The first-order chi connectivity index (χ1) is 9.52. The van der Waals surface area contributed by atoms with Gasteiger partial charge in [0.05, 0.1) is 4.92 Å². The van der Waals surface area contributed by atoms with Crippen molar-refractivity contribution in [3.8, 4) is 0 Å². The molecule has 0 saturated heterocycles. The number of aliphatic hydroxyl groups excluding tert-OH is 1. The molecular formula is C13H19N3O4. The van der Waals surface area contributed by atoms with Crippen molar-refractivity contribution in [2.24, 2.45) is 0 Å². The molecule has 110 valence electrons. The molecule has 7 nitrogen and oxygen atoms in total. The van der Waals surface area contributed by atoms with Crippen LogP contribution in [0.5, 0.6) is 0 Å². The zero-order valence-electron chi connectivity index (χ0n) is 11.3. The summed E-state index contributed by atoms with van der Waals surface area (Å²) in [5.41, 5.74) is 0.810. The van der Waals surface area contributed by atoms with E-state index in [9.17, 15) is 14.9 Å². The number of hydrogen-bond donors (Lipinski definition) is 3. The monoisotopic (exact) mass is 281 g/mol. The van der Waals surface area contributed by atoms with Crippen LogP contribution >= 0.6 is 0 Å². The van der Waals surface area contributed by atoms with Crippen LogP contribution in [0.25, 0.3) is 0 Å². The Kier molecular flexibility index (Phi) is 6.45. The Balaban J connectivity index is 2.35. The van der Waals surface area contributed by atoms with Gasteiger partial charge >= 0.3 is 6.03 Å². The number of nitro groups is 1. The smallest absolute Gasteiger partial charge is 0.315 e. The van der Waals surface area contributed by atoms with Gasteiger partial charge in [-0.2, -0.15) is 0 Å². The number of carbonyl (C=O) groups is 1. The molecule has 7 heteroatoms. The van der Waals surface area contributed by atoms with Gasteiger partial charge in [-0.25, -0.2) is 4.79 Å². The summed E-state index contributed by atoms with van der Waals surface area (Å²) in [4.78, 5) is 21.6. The highest BCUT2D eigenvalue weighted by molar-refractivity contribution is 5.74. The van der Waals surface area contributed by atoms with Crippen LogP contribution in [0.15, 0.2) is 24.3 Å². The fourth-order valence-electron chi connectivity index (χ4n) is 1.66. The molecule has 0 aliphatic rings. The highest BCUT2D eigenvalue weighted by atomic mass is 16.6. The Morgan fingerprint density at radius 3 is 2.60 bits per heavy atom. The quantitative estimate of drug-likeness (QED) is 0.521. The van der Waals surface area contributed by atoms with E-state index in [2.05, 4.69) is 10.6 Å². The predicted octanol–water partition coefficient (Wildman–Crippen LogP) is 1.55. The Morgan fingerprint density at radius 1 is 1.40 bits per heavy atom. The predicted molar refractivity (Wildman–Crippen MR) is 74.2 cm³/mol. The normalized spacial score (nSPS) is 11.7. The average Bonchev–Trinajstić information content (AvgIpc) is 2.43. The molecule has 1 rings (SSSR count). The lowest BCUT2D eigenvalue weighted by molar-refractivity contribution is -0.384. The number of nitro benzene ring substituents is 1. The van der Waals surface area contributed by atoms with Gasteiger partial charge in [0.2, 0.25) is 0 Å². The van der Waals surface area contributed by atoms with E-state index in [1.54, 1.807) is 12.1 Å². The van der Waals surface area contributed by atoms with Crippen molar-refractivity contribution in [3.05, 3.63) is 39.9 Å². The molecule has 20 heavy (non-hydrogen) atoms. The van der Waals surface area contributed by atoms with Crippen molar-refractivity contribution in [1.82, 2.24) is 10.6 Å². The van der Waals surface area contributed by atoms with Crippen LogP contribution in [0.1, 0.15) is 25.3 Å². The fourth-order valence-corrected chi connectivity index (χ4v) is 1.66. The van der Waals surface area contributed by atoms with Crippen molar-refractivity contribution in [1.29, 1.82) is 0 Å². The molecule has 0 aromatic heterocycles. The summed E-state index contributed by atoms with van der Waals surface area (Å²) >= 11 is 0. The third kappa shape index (κ3) is 5.66. The van der Waals surface area contributed by atoms with E-state index in [1.165, 1.54) is 12.1 Å². The number of rotatable bonds is 7. The van der Waals surface area contributed by atoms with E-state index in [0.29, 0.717) is 19.4 Å². The van der Waals surface area contributed by atoms with Crippen LogP contribution in [-0.2, 0) is 6.54 Å². The maximum atomic E-state index is 11.6. The van der Waals surface area contributed by atoms with Gasteiger partial charge in [0.15, 0.2) is 0 Å². The zero-order valence-corrected chi connectivity index (χ0v) is 11.3. The molecule has 3 N–H and O–H groups in total. The lowest BCUT2D eigenvalue weighted by Gasteiger charge is -2.14. The van der Waals surface area contributed by atoms with Crippen LogP contribution in [0.4, 0.5) is 10.5 Å². The second-order valence-corrected chi connectivity index (χ2v) is 4.52. The number of aliphatic hydroxyl groups is 1. The maximum Gasteiger partial charge on any atom is 0.315 e. The van der Waals surface area contributed by atoms with E-state index in [0.717, 1.165) is 5.56 Å². The number of non-ortho nitro benzene ring substituents is 1. The number of carbonyl (C=O) groups excluding carboxylic acids is 1. The van der Waals surface area contributed by atoms with E-state index in [-0.39, 0.29) is 24.4 Å². The number of nitrogens with zero attached hydrogens (tertiary/aromatic N) is 1. The van der Waals surface area contributed by atoms with Crippen molar-refractivity contribution in [2.45, 2.75) is 32.4 Å². The van der Waals surface area contributed by atoms with Gasteiger partial charge in [0.1, 0.15) is 0 Å². The second kappa shape index (κ2) is 8.11. The molecule has 0 radical (unpaired) electrons. The van der Waals surface area contributed by atoms with E-state index >= 15 is 0 Å². The molecule has 0 heterocycles. The molecule has 0 aliphatic heterocycles. The van der Waals surface area contributed by atoms with Crippen LogP contribution in [0, 0.1) is 10.1 Å². The molecule has 1 atom stereocenters. The minimum absolute atomic E-state index is 0.0148. The summed E-state index contributed by atoms with van der Waals surface area (Å²) in [6.07, 6.45) is 1.35. The van der Waals surface area contributed by atoms with Crippen molar-refractivity contribution in [3.63, 3.8) is 0 Å². The van der Waals surface area contributed by atoms with E-state index < -0.39 is 4.92 Å². The first kappa shape index (κ1) is 15.9. The summed E-state index contributed by atoms with van der Waals surface area (Å²) in [7, 11) is 0. The van der Waals surface area contributed by atoms with Gasteiger partial charge in [-0.15, -0.1) is 0 Å². The summed E-state index contributed by atoms with van der Waals surface area (Å²) in [5.74, 6) is 0. The average molecular weight is 281 g/mol. The number of urea groups is 1. The topological polar surface area (TPSA) is 104 Å². The summed E-state index contributed by atoms with van der Waals surface area (Å²) in [5, 5.41) is 24.6. The minimum Gasteiger partial charge on any atom is -0.396 e. The van der Waals surface area contributed by atoms with Crippen molar-refractivity contribution < 1.29 is 14.8 Å². The first-order valence-corrected chi connectivity index (χ1v) is 6.41. The van der Waals surface area contributed by atoms with Gasteiger partial charge < -0.3 is 15.7 Å². The van der Waals surface area contributed by atoms with Gasteiger partial charge in [0.25, 0.3) is 5.69 Å². The summed E-state index contributed by atoms with van der Waals surface area (Å²) < 4.78 is 0. The highest BCUT2D eigenvalue weighted by Crippen LogP contribution is 2.11. The molecule has 0 fully saturated rings. The van der Waals surface area contributed by atoms with Gasteiger partial charge in [-0.05, 0) is 25.3 Å². The van der Waals surface area contributed by atoms with E-state index in [4.69, 9.17) is 5.11 Å². The third-order valence-electron chi connectivity index (χ3n) is 2.77. The Morgan fingerprint density at radius 2 is 2.05 bits per heavy atom. The van der Waals surface area contributed by atoms with Crippen molar-refractivity contribution in [2.75, 3.05) is 6.61 Å². The largest absolute Gasteiger partial charge is 0.396 e. The van der Waals surface area contributed by atoms with Gasteiger partial charge in [-0.3, -0.25) is 10.1 Å². The summed E-state index contributed by atoms with van der Waals surface area (Å²) in [6, 6.07) is 5.70. The standard InChI is InChI=1S/C13H19N3O4/c1-10(3-2-8-17)15-13(18)14-9-11-4-6-12(7-5-11)16(19)20/h4-7,10,17H,2-3,8-9H2,1H3,(H2,14,15,18). The molecule has 0 bridgehead atoms. The summed E-state index contributed by atoms with van der Waals surface area (Å²) in [6.45, 7) is 2.27. The molecule has 1 aromatic carbocycles. The number of hydrogen-bond acceptors (Lipinski definition) is 4. The SMILES string of the molecule is CC(CCCO)NC(=O)NCc1ccc([N+](=O)[O-])cc1. The molecule has 0 aliphatic carbocycles. The van der Waals surface area contributed by atoms with Crippen LogP contribution in [-0.4, -0.2) is 28.7 Å². The van der Waals surface area contributed by atoms with Gasteiger partial charge in [0, 0.05) is 31.3 Å². The number of amides is 2. The van der Waals surface area contributed by atoms with E-state index in [1.807, 2.05) is 6.92 Å². The molecule has 0 spiro atoms. The van der Waals surface area contributed by atoms with Crippen LogP contribution in [0.2, 0.25) is 0 Å². The van der Waals surface area contributed by atoms with Gasteiger partial charge in [-0.1, -0.05) is 12.1 Å². The number of nitrogens with one attached hydrogen (secondary N) is 2. The Hall–Kier alpha value is -2.15. The molecule has 1 unspecified atom stereocenters. The Bertz CT molecular complexity index is 447. The highest BCUT2D eigenvalue weighted by Gasteiger charge is 2.07. The number of benzene rings is 1. The molecular weight excluding hydrogens is 262 g/mol. The molecule has 2 amide bonds. The fraction of sp³-hybridized carbons (Fsp3) is 0.462. The molecule has 1 aromatic rings. The maximum absolute atomic E-state index is 11.6. The zero-order chi connectivity index (χ0) is 15.0. The second-order valence-electron chi connectivity index (χ2n) is 4.52. The lowest BCUT2D eigenvalue weighted by Crippen LogP contribution is -2.40. The van der Waals surface area contributed by atoms with Crippen molar-refractivity contribution >= 4 is 11.7 Å². The van der Waals surface area contributed by atoms with Crippen LogP contribution < -0.4 is 10.6 Å². The Labute approximate surface area is 117 Å². The van der Waals surface area contributed by atoms with Crippen LogP contribution in [0.3, 0.4) is 0 Å². The lowest BCUT2D eigenvalue weighted by atomic mass is 10.2. The minimum atomic E-state index is -0.466. The third-order valence-corrected chi connectivity index (χ3v) is 2.77.